The Hall–Kier alpha value is -3.16. The van der Waals surface area contributed by atoms with Crippen molar-refractivity contribution < 1.29 is 14.0 Å². The van der Waals surface area contributed by atoms with E-state index in [1.807, 2.05) is 13.8 Å². The van der Waals surface area contributed by atoms with E-state index in [1.165, 1.54) is 6.07 Å². The molecule has 0 bridgehead atoms. The molecule has 2 N–H and O–H groups in total. The third-order valence-corrected chi connectivity index (χ3v) is 5.89. The van der Waals surface area contributed by atoms with Crippen molar-refractivity contribution in [2.24, 2.45) is 0 Å². The lowest BCUT2D eigenvalue weighted by molar-refractivity contribution is 0.0592. The third kappa shape index (κ3) is 3.46. The van der Waals surface area contributed by atoms with Crippen LogP contribution in [0.15, 0.2) is 30.5 Å². The highest BCUT2D eigenvalue weighted by atomic mass is 19.1. The number of piperidine rings is 1. The summed E-state index contributed by atoms with van der Waals surface area (Å²) in [6.07, 6.45) is 4.12. The Balaban J connectivity index is 1.67. The molecule has 4 rings (SSSR count). The lowest BCUT2D eigenvalue weighted by Gasteiger charge is -2.35. The zero-order chi connectivity index (χ0) is 21.3. The summed E-state index contributed by atoms with van der Waals surface area (Å²) in [6.45, 7) is 5.65. The van der Waals surface area contributed by atoms with Gasteiger partial charge in [-0.25, -0.2) is 4.39 Å². The van der Waals surface area contributed by atoms with Gasteiger partial charge < -0.3 is 14.8 Å². The van der Waals surface area contributed by atoms with Crippen molar-refractivity contribution in [2.45, 2.75) is 39.2 Å². The normalized spacial score (nSPS) is 16.8. The van der Waals surface area contributed by atoms with Crippen LogP contribution in [-0.4, -0.2) is 56.4 Å². The van der Waals surface area contributed by atoms with Crippen molar-refractivity contribution in [1.82, 2.24) is 25.0 Å². The third-order valence-electron chi connectivity index (χ3n) is 5.89. The molecule has 1 fully saturated rings. The summed E-state index contributed by atoms with van der Waals surface area (Å²) in [5.74, 6) is -0.654. The topological polar surface area (TPSA) is 85.1 Å². The van der Waals surface area contributed by atoms with Crippen molar-refractivity contribution in [1.29, 1.82) is 0 Å². The van der Waals surface area contributed by atoms with Crippen LogP contribution in [0.1, 0.15) is 65.7 Å². The van der Waals surface area contributed by atoms with E-state index in [4.69, 9.17) is 0 Å². The average Bonchev–Trinajstić information content (AvgIpc) is 3.42. The monoisotopic (exact) mass is 411 g/mol. The first-order valence-corrected chi connectivity index (χ1v) is 10.5. The molecule has 1 aromatic carbocycles. The predicted molar refractivity (Wildman–Crippen MR) is 112 cm³/mol. The van der Waals surface area contributed by atoms with Gasteiger partial charge >= 0.3 is 0 Å². The number of rotatable bonds is 5. The van der Waals surface area contributed by atoms with Crippen molar-refractivity contribution in [3.8, 4) is 0 Å². The van der Waals surface area contributed by atoms with Crippen molar-refractivity contribution in [3.05, 3.63) is 53.2 Å². The van der Waals surface area contributed by atoms with E-state index < -0.39 is 0 Å². The zero-order valence-corrected chi connectivity index (χ0v) is 17.2. The molecule has 158 valence electrons. The molecule has 0 unspecified atom stereocenters. The Bertz CT molecular complexity index is 1070. The van der Waals surface area contributed by atoms with Gasteiger partial charge in [0.05, 0.1) is 23.5 Å². The van der Waals surface area contributed by atoms with Gasteiger partial charge in [0.25, 0.3) is 11.8 Å². The maximum Gasteiger partial charge on any atom is 0.270 e. The van der Waals surface area contributed by atoms with E-state index in [1.54, 1.807) is 34.2 Å². The summed E-state index contributed by atoms with van der Waals surface area (Å²) in [5, 5.41) is 7.48. The number of aromatic nitrogens is 3. The number of H-pyrrole nitrogens is 2. The summed E-state index contributed by atoms with van der Waals surface area (Å²) in [5.41, 5.74) is 2.11. The minimum Gasteiger partial charge on any atom is -0.350 e. The van der Waals surface area contributed by atoms with Crippen LogP contribution in [0.4, 0.5) is 4.39 Å². The highest BCUT2D eigenvalue weighted by Crippen LogP contribution is 2.33. The van der Waals surface area contributed by atoms with E-state index >= 15 is 0 Å². The van der Waals surface area contributed by atoms with Crippen LogP contribution < -0.4 is 0 Å². The molecule has 3 aromatic rings. The second kappa shape index (κ2) is 8.30. The lowest BCUT2D eigenvalue weighted by atomic mass is 9.96. The number of hydrogen-bond donors (Lipinski definition) is 2. The molecule has 2 amide bonds. The first-order chi connectivity index (χ1) is 14.5. The Labute approximate surface area is 174 Å². The minimum absolute atomic E-state index is 0.0885. The van der Waals surface area contributed by atoms with Crippen LogP contribution in [0.3, 0.4) is 0 Å². The Kier molecular flexibility index (Phi) is 5.57. The van der Waals surface area contributed by atoms with Gasteiger partial charge in [-0.3, -0.25) is 14.7 Å². The fourth-order valence-electron chi connectivity index (χ4n) is 4.26. The first kappa shape index (κ1) is 20.1. The van der Waals surface area contributed by atoms with Crippen molar-refractivity contribution >= 4 is 22.7 Å². The fourth-order valence-corrected chi connectivity index (χ4v) is 4.26. The molecule has 0 aliphatic carbocycles. The molecule has 1 saturated heterocycles. The summed E-state index contributed by atoms with van der Waals surface area (Å²) in [6, 6.07) is 6.03. The maximum absolute atomic E-state index is 14.1. The number of carbonyl (C=O) groups excluding carboxylic acids is 2. The second-order valence-corrected chi connectivity index (χ2v) is 7.57. The molecule has 0 radical (unpaired) electrons. The summed E-state index contributed by atoms with van der Waals surface area (Å²) in [7, 11) is 0. The number of halogens is 1. The van der Waals surface area contributed by atoms with Crippen LogP contribution in [-0.2, 0) is 0 Å². The fraction of sp³-hybridized carbons (Fsp3) is 0.409. The molecule has 3 heterocycles. The van der Waals surface area contributed by atoms with E-state index in [-0.39, 0.29) is 23.7 Å². The minimum atomic E-state index is -0.362. The zero-order valence-electron chi connectivity index (χ0n) is 17.2. The summed E-state index contributed by atoms with van der Waals surface area (Å²) >= 11 is 0. The van der Waals surface area contributed by atoms with E-state index in [0.29, 0.717) is 47.5 Å². The smallest absolute Gasteiger partial charge is 0.270 e. The lowest BCUT2D eigenvalue weighted by Crippen LogP contribution is -2.40. The van der Waals surface area contributed by atoms with Gasteiger partial charge in [0.15, 0.2) is 0 Å². The molecule has 30 heavy (non-hydrogen) atoms. The SMILES string of the molecule is CCN(CC)C(=O)c1cn[nH]c1[C@H]1CCCCN1C(=O)c1cc2c(F)cccc2[nH]1. The molecular weight excluding hydrogens is 385 g/mol. The number of hydrogen-bond acceptors (Lipinski definition) is 3. The van der Waals surface area contributed by atoms with Gasteiger partial charge in [0.2, 0.25) is 0 Å². The highest BCUT2D eigenvalue weighted by Gasteiger charge is 2.34. The molecule has 2 aromatic heterocycles. The molecular formula is C22H26FN5O2. The number of amides is 2. The largest absolute Gasteiger partial charge is 0.350 e. The highest BCUT2D eigenvalue weighted by molar-refractivity contribution is 5.99. The van der Waals surface area contributed by atoms with Gasteiger partial charge in [-0.2, -0.15) is 5.10 Å². The van der Waals surface area contributed by atoms with Gasteiger partial charge in [-0.05, 0) is 51.3 Å². The molecule has 7 nitrogen and oxygen atoms in total. The van der Waals surface area contributed by atoms with E-state index in [0.717, 1.165) is 19.3 Å². The molecule has 1 aliphatic rings. The Morgan fingerprint density at radius 1 is 1.27 bits per heavy atom. The predicted octanol–water partition coefficient (Wildman–Crippen LogP) is 3.88. The van der Waals surface area contributed by atoms with Gasteiger partial charge in [0.1, 0.15) is 11.5 Å². The molecule has 0 spiro atoms. The van der Waals surface area contributed by atoms with Crippen molar-refractivity contribution in [3.63, 3.8) is 0 Å². The second-order valence-electron chi connectivity index (χ2n) is 7.57. The molecule has 8 heteroatoms. The van der Waals surface area contributed by atoms with Crippen LogP contribution in [0, 0.1) is 5.82 Å². The Morgan fingerprint density at radius 2 is 2.07 bits per heavy atom. The quantitative estimate of drug-likeness (QED) is 0.668. The van der Waals surface area contributed by atoms with Crippen molar-refractivity contribution in [2.75, 3.05) is 19.6 Å². The standard InChI is InChI=1S/C22H26FN5O2/c1-3-27(4-2)21(29)15-13-24-26-20(15)19-10-5-6-11-28(19)22(30)18-12-14-16(23)8-7-9-17(14)25-18/h7-9,12-13,19,25H,3-6,10-11H2,1-2H3,(H,24,26)/t19-/m1/s1. The first-order valence-electron chi connectivity index (χ1n) is 10.5. The van der Waals surface area contributed by atoms with Gasteiger partial charge in [-0.1, -0.05) is 6.07 Å². The van der Waals surface area contributed by atoms with Crippen LogP contribution in [0.2, 0.25) is 0 Å². The van der Waals surface area contributed by atoms with Gasteiger partial charge in [-0.15, -0.1) is 0 Å². The maximum atomic E-state index is 14.1. The van der Waals surface area contributed by atoms with E-state index in [9.17, 15) is 14.0 Å². The van der Waals surface area contributed by atoms with Crippen LogP contribution in [0.25, 0.3) is 10.9 Å². The molecule has 0 saturated carbocycles. The molecule has 1 atom stereocenters. The summed E-state index contributed by atoms with van der Waals surface area (Å²) in [4.78, 5) is 32.8. The average molecular weight is 411 g/mol. The van der Waals surface area contributed by atoms with E-state index in [2.05, 4.69) is 15.2 Å². The number of nitrogens with one attached hydrogen (secondary N) is 2. The number of carbonyl (C=O) groups is 2. The number of nitrogens with zero attached hydrogens (tertiary/aromatic N) is 3. The molecule has 1 aliphatic heterocycles. The number of benzene rings is 1. The van der Waals surface area contributed by atoms with Crippen LogP contribution >= 0.6 is 0 Å². The van der Waals surface area contributed by atoms with Crippen LogP contribution in [0.5, 0.6) is 0 Å². The number of aromatic amines is 2. The Morgan fingerprint density at radius 3 is 2.80 bits per heavy atom. The summed E-state index contributed by atoms with van der Waals surface area (Å²) < 4.78 is 14.1. The number of fused-ring (bicyclic) bond motifs is 1. The number of likely N-dealkylation sites (tertiary alicyclic amines) is 1. The van der Waals surface area contributed by atoms with Gasteiger partial charge in [0, 0.05) is 30.5 Å².